The number of amides is 1. The summed E-state index contributed by atoms with van der Waals surface area (Å²) in [4.78, 5) is 18.7. The predicted molar refractivity (Wildman–Crippen MR) is 99.3 cm³/mol. The number of nitrogens with one attached hydrogen (secondary N) is 2. The van der Waals surface area contributed by atoms with Crippen LogP contribution in [0, 0.1) is 0 Å². The molecule has 0 bridgehead atoms. The van der Waals surface area contributed by atoms with E-state index in [0.717, 1.165) is 36.4 Å². The maximum Gasteiger partial charge on any atom is 0.251 e. The Hall–Kier alpha value is -1.60. The number of rotatable bonds is 6. The Morgan fingerprint density at radius 3 is 2.96 bits per heavy atom. The molecule has 1 atom stereocenters. The third-order valence-electron chi connectivity index (χ3n) is 3.77. The minimum Gasteiger partial charge on any atom is -0.391 e. The van der Waals surface area contributed by atoms with Crippen LogP contribution < -0.4 is 10.6 Å². The minimum atomic E-state index is -0.265. The topological polar surface area (TPSA) is 77.0 Å². The number of carbonyl (C=O) groups excluding carboxylic acids is 1. The van der Waals surface area contributed by atoms with Gasteiger partial charge in [0.25, 0.3) is 5.91 Å². The molecule has 1 heterocycles. The first-order chi connectivity index (χ1) is 11.6. The molecular weight excluding hydrogens is 372 g/mol. The standard InChI is InChI=1S/C17H25BrN4O2/c1-2-19-17(22-10-7-15(23)12-22)21-9-4-8-20-16(24)13-5-3-6-14(18)11-13/h3,5-6,11,15,23H,2,4,7-10,12H2,1H3,(H,19,21)(H,20,24)/t15-/m1/s1. The van der Waals surface area contributed by atoms with Crippen molar-refractivity contribution in [1.82, 2.24) is 15.5 Å². The van der Waals surface area contributed by atoms with Crippen molar-refractivity contribution in [3.63, 3.8) is 0 Å². The fraction of sp³-hybridized carbons (Fsp3) is 0.529. The largest absolute Gasteiger partial charge is 0.391 e. The first-order valence-electron chi connectivity index (χ1n) is 8.35. The van der Waals surface area contributed by atoms with Crippen molar-refractivity contribution in [1.29, 1.82) is 0 Å². The van der Waals surface area contributed by atoms with Crippen molar-refractivity contribution in [2.75, 3.05) is 32.7 Å². The Bertz CT molecular complexity index is 579. The number of nitrogens with zero attached hydrogens (tertiary/aromatic N) is 2. The average molecular weight is 397 g/mol. The predicted octanol–water partition coefficient (Wildman–Crippen LogP) is 1.60. The van der Waals surface area contributed by atoms with Crippen LogP contribution >= 0.6 is 15.9 Å². The van der Waals surface area contributed by atoms with Gasteiger partial charge in [-0.1, -0.05) is 22.0 Å². The molecule has 2 rings (SSSR count). The van der Waals surface area contributed by atoms with Gasteiger partial charge >= 0.3 is 0 Å². The molecule has 3 N–H and O–H groups in total. The number of hydrogen-bond acceptors (Lipinski definition) is 3. The SMILES string of the molecule is CCNC(=NCCCNC(=O)c1cccc(Br)c1)N1CC[C@@H](O)C1. The number of β-amino-alcohol motifs (C(OH)–C–C–N with tert-alkyl or cyclic N) is 1. The molecule has 24 heavy (non-hydrogen) atoms. The summed E-state index contributed by atoms with van der Waals surface area (Å²) in [6.07, 6.45) is 1.29. The number of likely N-dealkylation sites (tertiary alicyclic amines) is 1. The van der Waals surface area contributed by atoms with Gasteiger partial charge in [-0.15, -0.1) is 0 Å². The number of aliphatic hydroxyl groups is 1. The highest BCUT2D eigenvalue weighted by Gasteiger charge is 2.22. The van der Waals surface area contributed by atoms with Crippen LogP contribution in [0.5, 0.6) is 0 Å². The number of halogens is 1. The molecule has 0 aliphatic carbocycles. The lowest BCUT2D eigenvalue weighted by molar-refractivity contribution is 0.0953. The highest BCUT2D eigenvalue weighted by Crippen LogP contribution is 2.11. The van der Waals surface area contributed by atoms with Crippen LogP contribution in [0.25, 0.3) is 0 Å². The second-order valence-corrected chi connectivity index (χ2v) is 6.66. The van der Waals surface area contributed by atoms with E-state index in [1.165, 1.54) is 0 Å². The Morgan fingerprint density at radius 1 is 1.46 bits per heavy atom. The molecule has 6 nitrogen and oxygen atoms in total. The second-order valence-electron chi connectivity index (χ2n) is 5.74. The van der Waals surface area contributed by atoms with Gasteiger partial charge in [0, 0.05) is 42.8 Å². The summed E-state index contributed by atoms with van der Waals surface area (Å²) in [6.45, 7) is 5.49. The van der Waals surface area contributed by atoms with Crippen LogP contribution in [0.1, 0.15) is 30.1 Å². The van der Waals surface area contributed by atoms with Crippen LogP contribution in [-0.4, -0.2) is 60.7 Å². The number of carbonyl (C=O) groups is 1. The Balaban J connectivity index is 1.75. The van der Waals surface area contributed by atoms with E-state index in [1.54, 1.807) is 12.1 Å². The van der Waals surface area contributed by atoms with E-state index in [0.29, 0.717) is 25.2 Å². The number of aliphatic imine (C=N–C) groups is 1. The third kappa shape index (κ3) is 5.79. The second kappa shape index (κ2) is 9.64. The summed E-state index contributed by atoms with van der Waals surface area (Å²) in [5.41, 5.74) is 0.646. The zero-order chi connectivity index (χ0) is 17.4. The van der Waals surface area contributed by atoms with Crippen LogP contribution in [0.15, 0.2) is 33.7 Å². The van der Waals surface area contributed by atoms with E-state index in [1.807, 2.05) is 19.1 Å². The average Bonchev–Trinajstić information content (AvgIpc) is 2.99. The molecule has 1 saturated heterocycles. The Labute approximate surface area is 151 Å². The Kier molecular flexibility index (Phi) is 7.52. The van der Waals surface area contributed by atoms with Crippen molar-refractivity contribution in [2.24, 2.45) is 4.99 Å². The van der Waals surface area contributed by atoms with Gasteiger partial charge in [0.2, 0.25) is 0 Å². The number of aliphatic hydroxyl groups excluding tert-OH is 1. The van der Waals surface area contributed by atoms with Gasteiger partial charge in [-0.3, -0.25) is 9.79 Å². The van der Waals surface area contributed by atoms with Gasteiger partial charge in [-0.05, 0) is 38.0 Å². The molecule has 7 heteroatoms. The van der Waals surface area contributed by atoms with Gasteiger partial charge in [0.05, 0.1) is 6.10 Å². The van der Waals surface area contributed by atoms with Crippen LogP contribution in [0.4, 0.5) is 0 Å². The van der Waals surface area contributed by atoms with Gasteiger partial charge in [0.15, 0.2) is 5.96 Å². The maximum absolute atomic E-state index is 12.0. The van der Waals surface area contributed by atoms with E-state index in [-0.39, 0.29) is 12.0 Å². The lowest BCUT2D eigenvalue weighted by Crippen LogP contribution is -2.40. The molecule has 1 aliphatic heterocycles. The van der Waals surface area contributed by atoms with Crippen LogP contribution in [0.2, 0.25) is 0 Å². The molecule has 0 saturated carbocycles. The number of benzene rings is 1. The van der Waals surface area contributed by atoms with Crippen molar-refractivity contribution in [3.05, 3.63) is 34.3 Å². The third-order valence-corrected chi connectivity index (χ3v) is 4.26. The lowest BCUT2D eigenvalue weighted by atomic mass is 10.2. The molecule has 1 aromatic carbocycles. The van der Waals surface area contributed by atoms with Crippen molar-refractivity contribution in [3.8, 4) is 0 Å². The van der Waals surface area contributed by atoms with Crippen LogP contribution in [0.3, 0.4) is 0 Å². The number of guanidine groups is 1. The normalized spacial score (nSPS) is 17.9. The van der Waals surface area contributed by atoms with Crippen molar-refractivity contribution >= 4 is 27.8 Å². The fourth-order valence-electron chi connectivity index (χ4n) is 2.56. The van der Waals surface area contributed by atoms with Gasteiger partial charge in [-0.2, -0.15) is 0 Å². The molecule has 0 radical (unpaired) electrons. The molecule has 132 valence electrons. The molecule has 1 aromatic rings. The van der Waals surface area contributed by atoms with E-state index in [2.05, 4.69) is 36.5 Å². The molecule has 0 unspecified atom stereocenters. The first-order valence-corrected chi connectivity index (χ1v) is 9.14. The summed E-state index contributed by atoms with van der Waals surface area (Å²) < 4.78 is 0.892. The maximum atomic E-state index is 12.0. The summed E-state index contributed by atoms with van der Waals surface area (Å²) >= 11 is 3.36. The van der Waals surface area contributed by atoms with E-state index < -0.39 is 0 Å². The molecule has 0 spiro atoms. The highest BCUT2D eigenvalue weighted by atomic mass is 79.9. The zero-order valence-electron chi connectivity index (χ0n) is 14.0. The molecule has 1 aliphatic rings. The monoisotopic (exact) mass is 396 g/mol. The van der Waals surface area contributed by atoms with Crippen LogP contribution in [-0.2, 0) is 0 Å². The minimum absolute atomic E-state index is 0.0742. The van der Waals surface area contributed by atoms with Gasteiger partial charge in [-0.25, -0.2) is 0 Å². The molecule has 0 aromatic heterocycles. The van der Waals surface area contributed by atoms with Crippen molar-refractivity contribution < 1.29 is 9.90 Å². The lowest BCUT2D eigenvalue weighted by Gasteiger charge is -2.20. The summed E-state index contributed by atoms with van der Waals surface area (Å²) in [6, 6.07) is 7.33. The van der Waals surface area contributed by atoms with E-state index in [4.69, 9.17) is 0 Å². The Morgan fingerprint density at radius 2 is 2.29 bits per heavy atom. The van der Waals surface area contributed by atoms with E-state index >= 15 is 0 Å². The fourth-order valence-corrected chi connectivity index (χ4v) is 2.96. The number of hydrogen-bond donors (Lipinski definition) is 3. The zero-order valence-corrected chi connectivity index (χ0v) is 15.6. The van der Waals surface area contributed by atoms with Gasteiger partial charge in [0.1, 0.15) is 0 Å². The molecule has 1 fully saturated rings. The molecule has 1 amide bonds. The van der Waals surface area contributed by atoms with Crippen molar-refractivity contribution in [2.45, 2.75) is 25.9 Å². The quantitative estimate of drug-likeness (QED) is 0.387. The molecular formula is C17H25BrN4O2. The highest BCUT2D eigenvalue weighted by molar-refractivity contribution is 9.10. The van der Waals surface area contributed by atoms with Gasteiger partial charge < -0.3 is 20.6 Å². The summed E-state index contributed by atoms with van der Waals surface area (Å²) in [7, 11) is 0. The first kappa shape index (κ1) is 18.7. The smallest absolute Gasteiger partial charge is 0.251 e. The summed E-state index contributed by atoms with van der Waals surface area (Å²) in [5, 5.41) is 15.8. The summed E-state index contributed by atoms with van der Waals surface area (Å²) in [5.74, 6) is 0.766. The van der Waals surface area contributed by atoms with E-state index in [9.17, 15) is 9.90 Å².